The van der Waals surface area contributed by atoms with E-state index in [-0.39, 0.29) is 19.2 Å². The summed E-state index contributed by atoms with van der Waals surface area (Å²) in [6.07, 6.45) is 0.339. The van der Waals surface area contributed by atoms with Crippen LogP contribution in [0, 0.1) is 0 Å². The molecule has 0 radical (unpaired) electrons. The number of carbonyl (C=O) groups is 2. The molecule has 2 heterocycles. The van der Waals surface area contributed by atoms with Crippen molar-refractivity contribution in [2.24, 2.45) is 0 Å². The number of nitrogens with zero attached hydrogens (tertiary/aromatic N) is 1. The van der Waals surface area contributed by atoms with E-state index in [1.807, 2.05) is 12.1 Å². The van der Waals surface area contributed by atoms with Crippen molar-refractivity contribution in [1.29, 1.82) is 0 Å². The van der Waals surface area contributed by atoms with Gasteiger partial charge in [-0.3, -0.25) is 9.69 Å². The molecule has 0 unspecified atom stereocenters. The van der Waals surface area contributed by atoms with E-state index in [1.54, 1.807) is 31.2 Å². The van der Waals surface area contributed by atoms with Gasteiger partial charge in [0.1, 0.15) is 5.54 Å². The zero-order valence-electron chi connectivity index (χ0n) is 14.4. The number of carbonyl (C=O) groups excluding carboxylic acids is 2. The summed E-state index contributed by atoms with van der Waals surface area (Å²) < 4.78 is 10.7. The van der Waals surface area contributed by atoms with Gasteiger partial charge in [-0.2, -0.15) is 0 Å². The molecule has 8 heteroatoms. The molecule has 3 amide bonds. The van der Waals surface area contributed by atoms with Crippen molar-refractivity contribution in [3.8, 4) is 11.5 Å². The molecule has 0 bridgehead atoms. The summed E-state index contributed by atoms with van der Waals surface area (Å²) in [6, 6.07) is 10.1. The van der Waals surface area contributed by atoms with Crippen molar-refractivity contribution in [2.75, 3.05) is 6.79 Å². The Morgan fingerprint density at radius 3 is 2.56 bits per heavy atom. The van der Waals surface area contributed by atoms with Gasteiger partial charge in [0.25, 0.3) is 5.91 Å². The Balaban J connectivity index is 1.53. The number of rotatable bonds is 4. The summed E-state index contributed by atoms with van der Waals surface area (Å²) in [5, 5.41) is 3.60. The number of hydrogen-bond donors (Lipinski definition) is 1. The highest BCUT2D eigenvalue weighted by atomic mass is 35.5. The number of halogens is 2. The maximum atomic E-state index is 13.0. The minimum atomic E-state index is -1.04. The Hall–Kier alpha value is -2.44. The number of nitrogens with one attached hydrogen (secondary N) is 1. The van der Waals surface area contributed by atoms with Crippen molar-refractivity contribution in [3.63, 3.8) is 0 Å². The Labute approximate surface area is 165 Å². The largest absolute Gasteiger partial charge is 0.454 e. The lowest BCUT2D eigenvalue weighted by atomic mass is 9.92. The van der Waals surface area contributed by atoms with Gasteiger partial charge < -0.3 is 14.8 Å². The van der Waals surface area contributed by atoms with Crippen molar-refractivity contribution >= 4 is 35.1 Å². The summed E-state index contributed by atoms with van der Waals surface area (Å²) in [5.74, 6) is 1.02. The van der Waals surface area contributed by atoms with Crippen molar-refractivity contribution in [3.05, 3.63) is 57.6 Å². The number of imide groups is 1. The molecule has 2 aliphatic rings. The number of amides is 3. The van der Waals surface area contributed by atoms with Gasteiger partial charge in [0.2, 0.25) is 6.79 Å². The molecule has 0 aromatic heterocycles. The number of hydrogen-bond acceptors (Lipinski definition) is 4. The first-order valence-corrected chi connectivity index (χ1v) is 9.08. The van der Waals surface area contributed by atoms with E-state index in [9.17, 15) is 9.59 Å². The maximum absolute atomic E-state index is 13.0. The summed E-state index contributed by atoms with van der Waals surface area (Å²) in [5.41, 5.74) is 0.549. The molecule has 1 saturated heterocycles. The van der Waals surface area contributed by atoms with Crippen LogP contribution in [0.15, 0.2) is 36.4 Å². The molecule has 1 fully saturated rings. The van der Waals surface area contributed by atoms with Gasteiger partial charge in [-0.1, -0.05) is 35.3 Å². The van der Waals surface area contributed by atoms with Crippen molar-refractivity contribution < 1.29 is 19.1 Å². The summed E-state index contributed by atoms with van der Waals surface area (Å²) in [4.78, 5) is 26.6. The van der Waals surface area contributed by atoms with Crippen LogP contribution in [0.4, 0.5) is 4.79 Å². The molecule has 2 aromatic rings. The fourth-order valence-corrected chi connectivity index (χ4v) is 3.61. The lowest BCUT2D eigenvalue weighted by molar-refractivity contribution is -0.131. The molecule has 140 valence electrons. The van der Waals surface area contributed by atoms with E-state index in [4.69, 9.17) is 32.7 Å². The SMILES string of the molecule is C[C@]1(Cc2ccc3c(c2)OCO3)NC(=O)N(Cc2ccc(Cl)c(Cl)c2)C1=O. The Bertz CT molecular complexity index is 949. The highest BCUT2D eigenvalue weighted by Crippen LogP contribution is 2.34. The van der Waals surface area contributed by atoms with Crippen molar-refractivity contribution in [1.82, 2.24) is 10.2 Å². The second-order valence-corrected chi connectivity index (χ2v) is 7.58. The number of benzene rings is 2. The molecule has 0 saturated carbocycles. The van der Waals surface area contributed by atoms with E-state index < -0.39 is 11.6 Å². The summed E-state index contributed by atoms with van der Waals surface area (Å²) in [7, 11) is 0. The first kappa shape index (κ1) is 17.9. The van der Waals surface area contributed by atoms with E-state index in [0.717, 1.165) is 11.1 Å². The number of urea groups is 1. The van der Waals surface area contributed by atoms with E-state index in [2.05, 4.69) is 5.32 Å². The van der Waals surface area contributed by atoms with E-state index in [1.165, 1.54) is 4.90 Å². The summed E-state index contributed by atoms with van der Waals surface area (Å²) in [6.45, 7) is 2.02. The maximum Gasteiger partial charge on any atom is 0.325 e. The van der Waals surface area contributed by atoms with Crippen LogP contribution >= 0.6 is 23.2 Å². The highest BCUT2D eigenvalue weighted by molar-refractivity contribution is 6.42. The normalized spacial score (nSPS) is 20.9. The molecular weight excluding hydrogens is 391 g/mol. The van der Waals surface area contributed by atoms with Crippen LogP contribution in [-0.4, -0.2) is 29.2 Å². The van der Waals surface area contributed by atoms with Gasteiger partial charge >= 0.3 is 6.03 Å². The zero-order chi connectivity index (χ0) is 19.2. The van der Waals surface area contributed by atoms with Crippen molar-refractivity contribution in [2.45, 2.75) is 25.4 Å². The van der Waals surface area contributed by atoms with Crippen LogP contribution in [0.1, 0.15) is 18.1 Å². The van der Waals surface area contributed by atoms with Gasteiger partial charge in [-0.15, -0.1) is 0 Å². The second kappa shape index (κ2) is 6.62. The smallest absolute Gasteiger partial charge is 0.325 e. The Morgan fingerprint density at radius 1 is 1.04 bits per heavy atom. The van der Waals surface area contributed by atoms with Crippen LogP contribution in [0.5, 0.6) is 11.5 Å². The van der Waals surface area contributed by atoms with Gasteiger partial charge in [-0.05, 0) is 42.3 Å². The summed E-state index contributed by atoms with van der Waals surface area (Å²) >= 11 is 11.9. The standard InChI is InChI=1S/C19H16Cl2N2O4/c1-19(8-11-3-5-15-16(7-11)27-10-26-15)17(24)23(18(25)22-19)9-12-2-4-13(20)14(21)6-12/h2-7H,8-10H2,1H3,(H,22,25)/t19-/m1/s1. The highest BCUT2D eigenvalue weighted by Gasteiger charge is 2.47. The third-order valence-electron chi connectivity index (χ3n) is 4.66. The van der Waals surface area contributed by atoms with Gasteiger partial charge in [0, 0.05) is 6.42 Å². The van der Waals surface area contributed by atoms with Crippen LogP contribution < -0.4 is 14.8 Å². The lowest BCUT2D eigenvalue weighted by Gasteiger charge is -2.22. The minimum absolute atomic E-state index is 0.123. The minimum Gasteiger partial charge on any atom is -0.454 e. The molecule has 4 rings (SSSR count). The molecule has 6 nitrogen and oxygen atoms in total. The predicted molar refractivity (Wildman–Crippen MR) is 100 cm³/mol. The molecule has 1 N–H and O–H groups in total. The van der Waals surface area contributed by atoms with Crippen LogP contribution in [0.2, 0.25) is 10.0 Å². The molecule has 0 aliphatic carbocycles. The fraction of sp³-hybridized carbons (Fsp3) is 0.263. The first-order valence-electron chi connectivity index (χ1n) is 8.32. The number of ether oxygens (including phenoxy) is 2. The molecule has 1 atom stereocenters. The molecule has 2 aliphatic heterocycles. The number of fused-ring (bicyclic) bond motifs is 1. The Kier molecular flexibility index (Phi) is 4.40. The van der Waals surface area contributed by atoms with Crippen LogP contribution in [0.3, 0.4) is 0 Å². The quantitative estimate of drug-likeness (QED) is 0.784. The second-order valence-electron chi connectivity index (χ2n) is 6.77. The topological polar surface area (TPSA) is 67.9 Å². The van der Waals surface area contributed by atoms with E-state index in [0.29, 0.717) is 28.0 Å². The third-order valence-corrected chi connectivity index (χ3v) is 5.40. The molecule has 0 spiro atoms. The average Bonchev–Trinajstić information content (AvgIpc) is 3.16. The van der Waals surface area contributed by atoms with Crippen LogP contribution in [-0.2, 0) is 17.8 Å². The van der Waals surface area contributed by atoms with E-state index >= 15 is 0 Å². The van der Waals surface area contributed by atoms with Gasteiger partial charge in [0.05, 0.1) is 16.6 Å². The third kappa shape index (κ3) is 3.31. The van der Waals surface area contributed by atoms with Crippen LogP contribution in [0.25, 0.3) is 0 Å². The average molecular weight is 407 g/mol. The molecule has 2 aromatic carbocycles. The van der Waals surface area contributed by atoms with Gasteiger partial charge in [0.15, 0.2) is 11.5 Å². The molecular formula is C19H16Cl2N2O4. The predicted octanol–water partition coefficient (Wildman–Crippen LogP) is 3.78. The Morgan fingerprint density at radius 2 is 1.78 bits per heavy atom. The first-order chi connectivity index (χ1) is 12.9. The lowest BCUT2D eigenvalue weighted by Crippen LogP contribution is -2.45. The van der Waals surface area contributed by atoms with Gasteiger partial charge in [-0.25, -0.2) is 4.79 Å². The fourth-order valence-electron chi connectivity index (χ4n) is 3.29. The zero-order valence-corrected chi connectivity index (χ0v) is 15.9. The monoisotopic (exact) mass is 406 g/mol. The molecule has 27 heavy (non-hydrogen) atoms.